The standard InChI is InChI=1S/C22H26N8O4/c31-21(14-4-2-1-3-5-14)25-17-10-32-20-18(11-33-19(17)20)30-22(26-27-28-30)34-16-8-6-15(7-9-16)29-13-23-12-24-29/h6-9,12-14,17-20H,1-5,10-11H2,(H,25,31)/t17-,18-,19+,20+/m0/s1. The summed E-state index contributed by atoms with van der Waals surface area (Å²) in [5.41, 5.74) is 0.858. The molecule has 1 aliphatic carbocycles. The van der Waals surface area contributed by atoms with Crippen LogP contribution in [0.1, 0.15) is 38.1 Å². The van der Waals surface area contributed by atoms with Gasteiger partial charge in [0.2, 0.25) is 5.91 Å². The molecule has 1 N–H and O–H groups in total. The molecule has 3 aliphatic rings. The van der Waals surface area contributed by atoms with Gasteiger partial charge in [0.25, 0.3) is 0 Å². The summed E-state index contributed by atoms with van der Waals surface area (Å²) in [6, 6.07) is 7.19. The van der Waals surface area contributed by atoms with E-state index in [1.165, 1.54) is 12.7 Å². The molecule has 12 nitrogen and oxygen atoms in total. The second-order valence-electron chi connectivity index (χ2n) is 8.96. The molecule has 0 unspecified atom stereocenters. The summed E-state index contributed by atoms with van der Waals surface area (Å²) < 4.78 is 21.3. The highest BCUT2D eigenvalue weighted by Crippen LogP contribution is 2.36. The van der Waals surface area contributed by atoms with Crippen LogP contribution in [0.15, 0.2) is 36.9 Å². The number of nitrogens with zero attached hydrogens (tertiary/aromatic N) is 7. The van der Waals surface area contributed by atoms with Crippen LogP contribution in [0.2, 0.25) is 0 Å². The number of nitrogens with one attached hydrogen (secondary N) is 1. The Morgan fingerprint density at radius 1 is 1.06 bits per heavy atom. The lowest BCUT2D eigenvalue weighted by Gasteiger charge is -2.24. The molecule has 178 valence electrons. The van der Waals surface area contributed by atoms with Crippen molar-refractivity contribution in [1.82, 2.24) is 40.3 Å². The van der Waals surface area contributed by atoms with Crippen molar-refractivity contribution in [1.29, 1.82) is 0 Å². The summed E-state index contributed by atoms with van der Waals surface area (Å²) in [5.74, 6) is 0.794. The summed E-state index contributed by atoms with van der Waals surface area (Å²) >= 11 is 0. The number of hydrogen-bond acceptors (Lipinski definition) is 9. The number of aromatic nitrogens is 7. The number of ether oxygens (including phenoxy) is 3. The van der Waals surface area contributed by atoms with Gasteiger partial charge in [0, 0.05) is 5.92 Å². The van der Waals surface area contributed by atoms with Crippen molar-refractivity contribution in [3.05, 3.63) is 36.9 Å². The fourth-order valence-corrected chi connectivity index (χ4v) is 5.05. The Morgan fingerprint density at radius 2 is 1.88 bits per heavy atom. The van der Waals surface area contributed by atoms with Crippen LogP contribution >= 0.6 is 0 Å². The molecule has 3 fully saturated rings. The van der Waals surface area contributed by atoms with E-state index in [1.807, 2.05) is 24.3 Å². The van der Waals surface area contributed by atoms with Gasteiger partial charge >= 0.3 is 6.01 Å². The van der Waals surface area contributed by atoms with Crippen LogP contribution in [0, 0.1) is 5.92 Å². The first kappa shape index (κ1) is 21.2. The molecule has 2 saturated heterocycles. The Morgan fingerprint density at radius 3 is 2.68 bits per heavy atom. The zero-order valence-corrected chi connectivity index (χ0v) is 18.6. The Balaban J connectivity index is 1.11. The molecule has 0 bridgehead atoms. The monoisotopic (exact) mass is 466 g/mol. The molecule has 2 aromatic heterocycles. The van der Waals surface area contributed by atoms with E-state index in [2.05, 4.69) is 30.9 Å². The van der Waals surface area contributed by atoms with E-state index in [9.17, 15) is 4.79 Å². The number of amides is 1. The number of carbonyl (C=O) groups is 1. The summed E-state index contributed by atoms with van der Waals surface area (Å²) in [5, 5.41) is 19.3. The molecular formula is C22H26N8O4. The van der Waals surface area contributed by atoms with E-state index in [-0.39, 0.29) is 42.1 Å². The van der Waals surface area contributed by atoms with Crippen molar-refractivity contribution < 1.29 is 19.0 Å². The minimum absolute atomic E-state index is 0.0977. The van der Waals surface area contributed by atoms with Gasteiger partial charge in [0.05, 0.1) is 24.9 Å². The van der Waals surface area contributed by atoms with Gasteiger partial charge < -0.3 is 19.5 Å². The second kappa shape index (κ2) is 9.11. The Labute approximate surface area is 195 Å². The van der Waals surface area contributed by atoms with Crippen LogP contribution < -0.4 is 10.1 Å². The van der Waals surface area contributed by atoms with Crippen LogP contribution in [0.3, 0.4) is 0 Å². The SMILES string of the molecule is O=C(N[C@H]1CO[C@H]2[C@@H]1OC[C@@H]2n1nnnc1Oc1ccc(-n2cncn2)cc1)C1CCCCC1. The molecule has 3 aromatic rings. The quantitative estimate of drug-likeness (QED) is 0.573. The van der Waals surface area contributed by atoms with Crippen LogP contribution in [-0.2, 0) is 14.3 Å². The van der Waals surface area contributed by atoms with Crippen LogP contribution in [0.5, 0.6) is 11.8 Å². The van der Waals surface area contributed by atoms with Gasteiger partial charge in [0.15, 0.2) is 0 Å². The number of rotatable bonds is 6. The van der Waals surface area contributed by atoms with E-state index < -0.39 is 0 Å². The molecular weight excluding hydrogens is 440 g/mol. The predicted octanol–water partition coefficient (Wildman–Crippen LogP) is 1.45. The summed E-state index contributed by atoms with van der Waals surface area (Å²) in [7, 11) is 0. The molecule has 6 rings (SSSR count). The van der Waals surface area contributed by atoms with E-state index in [4.69, 9.17) is 14.2 Å². The molecule has 34 heavy (non-hydrogen) atoms. The highest BCUT2D eigenvalue weighted by Gasteiger charge is 2.50. The number of hydrogen-bond donors (Lipinski definition) is 1. The van der Waals surface area contributed by atoms with Crippen molar-refractivity contribution in [2.45, 2.75) is 56.4 Å². The molecule has 12 heteroatoms. The average Bonchev–Trinajstić information content (AvgIpc) is 3.67. The number of fused-ring (bicyclic) bond motifs is 1. The third-order valence-electron chi connectivity index (χ3n) is 6.84. The number of benzene rings is 1. The van der Waals surface area contributed by atoms with E-state index in [1.54, 1.807) is 15.7 Å². The van der Waals surface area contributed by atoms with Gasteiger partial charge in [-0.25, -0.2) is 9.67 Å². The topological polar surface area (TPSA) is 131 Å². The maximum Gasteiger partial charge on any atom is 0.341 e. The lowest BCUT2D eigenvalue weighted by Crippen LogP contribution is -2.46. The predicted molar refractivity (Wildman–Crippen MR) is 116 cm³/mol. The van der Waals surface area contributed by atoms with Crippen molar-refractivity contribution in [3.63, 3.8) is 0 Å². The summed E-state index contributed by atoms with van der Waals surface area (Å²) in [6.45, 7) is 0.782. The number of tetrazole rings is 1. The van der Waals surface area contributed by atoms with Gasteiger partial charge in [0.1, 0.15) is 36.7 Å². The van der Waals surface area contributed by atoms with Crippen molar-refractivity contribution >= 4 is 5.91 Å². The highest BCUT2D eigenvalue weighted by molar-refractivity contribution is 5.79. The van der Waals surface area contributed by atoms with Gasteiger partial charge in [-0.05, 0) is 47.5 Å². The maximum atomic E-state index is 12.7. The van der Waals surface area contributed by atoms with Crippen LogP contribution in [-0.4, -0.2) is 72.3 Å². The first-order chi connectivity index (χ1) is 16.8. The van der Waals surface area contributed by atoms with Gasteiger partial charge in [-0.3, -0.25) is 4.79 Å². The highest BCUT2D eigenvalue weighted by atomic mass is 16.6. The largest absolute Gasteiger partial charge is 0.423 e. The zero-order valence-electron chi connectivity index (χ0n) is 18.6. The van der Waals surface area contributed by atoms with Crippen LogP contribution in [0.4, 0.5) is 0 Å². The summed E-state index contributed by atoms with van der Waals surface area (Å²) in [4.78, 5) is 16.7. The Hall–Kier alpha value is -3.38. The molecule has 1 saturated carbocycles. The molecule has 1 amide bonds. The van der Waals surface area contributed by atoms with Crippen LogP contribution in [0.25, 0.3) is 5.69 Å². The average molecular weight is 467 g/mol. The normalized spacial score (nSPS) is 26.9. The molecule has 2 aliphatic heterocycles. The third kappa shape index (κ3) is 4.03. The summed E-state index contributed by atoms with van der Waals surface area (Å²) in [6.07, 6.45) is 7.97. The lowest BCUT2D eigenvalue weighted by atomic mass is 9.88. The fraction of sp³-hybridized carbons (Fsp3) is 0.545. The van der Waals surface area contributed by atoms with Crippen molar-refractivity contribution in [2.24, 2.45) is 5.92 Å². The maximum absolute atomic E-state index is 12.7. The van der Waals surface area contributed by atoms with E-state index in [0.717, 1.165) is 31.4 Å². The van der Waals surface area contributed by atoms with E-state index in [0.29, 0.717) is 19.0 Å². The second-order valence-corrected chi connectivity index (χ2v) is 8.96. The minimum atomic E-state index is -0.266. The Bertz CT molecular complexity index is 1110. The molecule has 0 spiro atoms. The molecule has 0 radical (unpaired) electrons. The molecule has 1 aromatic carbocycles. The minimum Gasteiger partial charge on any atom is -0.423 e. The van der Waals surface area contributed by atoms with Crippen molar-refractivity contribution in [2.75, 3.05) is 13.2 Å². The first-order valence-corrected chi connectivity index (χ1v) is 11.7. The van der Waals surface area contributed by atoms with Gasteiger partial charge in [-0.2, -0.15) is 9.78 Å². The number of carbonyl (C=O) groups excluding carboxylic acids is 1. The lowest BCUT2D eigenvalue weighted by molar-refractivity contribution is -0.127. The fourth-order valence-electron chi connectivity index (χ4n) is 5.05. The van der Waals surface area contributed by atoms with E-state index >= 15 is 0 Å². The van der Waals surface area contributed by atoms with Gasteiger partial charge in [-0.1, -0.05) is 24.4 Å². The first-order valence-electron chi connectivity index (χ1n) is 11.7. The van der Waals surface area contributed by atoms with Gasteiger partial charge in [-0.15, -0.1) is 0 Å². The Kier molecular flexibility index (Phi) is 5.67. The zero-order chi connectivity index (χ0) is 22.9. The molecule has 4 heterocycles. The third-order valence-corrected chi connectivity index (χ3v) is 6.84. The molecule has 4 atom stereocenters. The van der Waals surface area contributed by atoms with Crippen molar-refractivity contribution in [3.8, 4) is 17.4 Å². The smallest absolute Gasteiger partial charge is 0.341 e.